The predicted molar refractivity (Wildman–Crippen MR) is 83.8 cm³/mol. The number of fused-ring (bicyclic) bond motifs is 1. The minimum Gasteiger partial charge on any atom is -0.484 e. The molecule has 1 aliphatic heterocycles. The van der Waals surface area contributed by atoms with E-state index < -0.39 is 35.1 Å². The van der Waals surface area contributed by atoms with Gasteiger partial charge < -0.3 is 15.8 Å². The van der Waals surface area contributed by atoms with Gasteiger partial charge >= 0.3 is 12.4 Å². The van der Waals surface area contributed by atoms with Crippen LogP contribution in [0.4, 0.5) is 32.0 Å². The summed E-state index contributed by atoms with van der Waals surface area (Å²) in [7, 11) is 0. The summed E-state index contributed by atoms with van der Waals surface area (Å²) in [5.41, 5.74) is 2.93. The van der Waals surface area contributed by atoms with Gasteiger partial charge in [0.15, 0.2) is 5.75 Å². The van der Waals surface area contributed by atoms with E-state index in [9.17, 15) is 26.3 Å². The van der Waals surface area contributed by atoms with Gasteiger partial charge in [0.2, 0.25) is 0 Å². The van der Waals surface area contributed by atoms with Crippen molar-refractivity contribution in [2.75, 3.05) is 18.4 Å². The molecule has 0 saturated carbocycles. The summed E-state index contributed by atoms with van der Waals surface area (Å²) < 4.78 is 84.8. The van der Waals surface area contributed by atoms with Crippen molar-refractivity contribution in [2.24, 2.45) is 5.73 Å². The van der Waals surface area contributed by atoms with E-state index in [-0.39, 0.29) is 17.9 Å². The number of benzene rings is 2. The van der Waals surface area contributed by atoms with Crippen molar-refractivity contribution in [3.63, 3.8) is 0 Å². The van der Waals surface area contributed by atoms with Crippen LogP contribution in [-0.4, -0.2) is 19.2 Å². The van der Waals surface area contributed by atoms with E-state index in [2.05, 4.69) is 5.32 Å². The Hall–Kier alpha value is -2.42. The molecule has 1 aliphatic rings. The molecule has 3 N–H and O–H groups in total. The number of nitrogens with two attached hydrogens (primary N) is 1. The van der Waals surface area contributed by atoms with Crippen molar-refractivity contribution in [1.29, 1.82) is 0 Å². The molecule has 3 rings (SSSR count). The fraction of sp³-hybridized carbons (Fsp3) is 0.294. The summed E-state index contributed by atoms with van der Waals surface area (Å²) in [6, 6.07) is 5.68. The third-order valence-corrected chi connectivity index (χ3v) is 4.03. The lowest BCUT2D eigenvalue weighted by Gasteiger charge is -2.29. The third-order valence-electron chi connectivity index (χ3n) is 4.03. The maximum atomic E-state index is 13.4. The highest BCUT2D eigenvalue weighted by molar-refractivity contribution is 5.81. The first kappa shape index (κ1) is 18.4. The summed E-state index contributed by atoms with van der Waals surface area (Å²) >= 11 is 0. The molecular weight excluding hydrogens is 362 g/mol. The second-order valence-corrected chi connectivity index (χ2v) is 5.79. The second kappa shape index (κ2) is 6.39. The van der Waals surface area contributed by atoms with Crippen molar-refractivity contribution in [2.45, 2.75) is 18.5 Å². The molecule has 140 valence electrons. The third kappa shape index (κ3) is 3.44. The zero-order valence-corrected chi connectivity index (χ0v) is 13.2. The smallest absolute Gasteiger partial charge is 0.417 e. The molecule has 0 aromatic heterocycles. The molecule has 0 fully saturated rings. The SMILES string of the molecule is NC[C@H]1CNc2cccc(-c3cc(C(F)(F)F)ccc3C(F)(F)F)c2O1. The van der Waals surface area contributed by atoms with E-state index in [1.165, 1.54) is 12.1 Å². The van der Waals surface area contributed by atoms with Crippen LogP contribution < -0.4 is 15.8 Å². The molecule has 0 radical (unpaired) electrons. The number of alkyl halides is 6. The number of para-hydroxylation sites is 1. The lowest BCUT2D eigenvalue weighted by Crippen LogP contribution is -2.37. The largest absolute Gasteiger partial charge is 0.484 e. The lowest BCUT2D eigenvalue weighted by atomic mass is 9.95. The average molecular weight is 376 g/mol. The molecule has 0 bridgehead atoms. The molecule has 0 saturated heterocycles. The Bertz CT molecular complexity index is 816. The van der Waals surface area contributed by atoms with E-state index in [1.54, 1.807) is 6.07 Å². The van der Waals surface area contributed by atoms with E-state index in [4.69, 9.17) is 10.5 Å². The lowest BCUT2D eigenvalue weighted by molar-refractivity contribution is -0.141. The average Bonchev–Trinajstić information content (AvgIpc) is 2.58. The van der Waals surface area contributed by atoms with E-state index >= 15 is 0 Å². The maximum absolute atomic E-state index is 13.4. The van der Waals surface area contributed by atoms with Crippen molar-refractivity contribution in [3.8, 4) is 16.9 Å². The molecule has 2 aromatic rings. The highest BCUT2D eigenvalue weighted by Crippen LogP contribution is 2.46. The zero-order chi connectivity index (χ0) is 19.1. The Labute approximate surface area is 144 Å². The van der Waals surface area contributed by atoms with Crippen molar-refractivity contribution in [3.05, 3.63) is 47.5 Å². The number of anilines is 1. The Morgan fingerprint density at radius 3 is 2.35 bits per heavy atom. The number of ether oxygens (including phenoxy) is 1. The zero-order valence-electron chi connectivity index (χ0n) is 13.2. The van der Waals surface area contributed by atoms with Gasteiger partial charge in [0.05, 0.1) is 23.4 Å². The summed E-state index contributed by atoms with van der Waals surface area (Å²) in [6.45, 7) is 0.456. The summed E-state index contributed by atoms with van der Waals surface area (Å²) in [5.74, 6) is 0.0547. The van der Waals surface area contributed by atoms with Gasteiger partial charge in [-0.15, -0.1) is 0 Å². The molecule has 0 amide bonds. The van der Waals surface area contributed by atoms with Crippen LogP contribution in [0.15, 0.2) is 36.4 Å². The molecule has 0 unspecified atom stereocenters. The second-order valence-electron chi connectivity index (χ2n) is 5.79. The highest BCUT2D eigenvalue weighted by Gasteiger charge is 2.38. The minimum absolute atomic E-state index is 0.0547. The molecule has 0 spiro atoms. The molecule has 1 atom stereocenters. The number of hydrogen-bond acceptors (Lipinski definition) is 3. The topological polar surface area (TPSA) is 47.3 Å². The van der Waals surface area contributed by atoms with Gasteiger partial charge in [-0.25, -0.2) is 0 Å². The van der Waals surface area contributed by atoms with Crippen LogP contribution in [0.1, 0.15) is 11.1 Å². The molecule has 2 aromatic carbocycles. The number of nitrogens with one attached hydrogen (secondary N) is 1. The van der Waals surface area contributed by atoms with Crippen molar-refractivity contribution < 1.29 is 31.1 Å². The standard InChI is InChI=1S/C17H14F6N2O/c18-16(19,20)9-4-5-13(17(21,22)23)12(6-9)11-2-1-3-14-15(11)26-10(7-24)8-25-14/h1-6,10,25H,7-8,24H2/t10-/m0/s1. The number of rotatable bonds is 2. The minimum atomic E-state index is -4.82. The van der Waals surface area contributed by atoms with Gasteiger partial charge in [0.25, 0.3) is 0 Å². The molecule has 3 nitrogen and oxygen atoms in total. The Morgan fingerprint density at radius 2 is 1.73 bits per heavy atom. The first-order valence-corrected chi connectivity index (χ1v) is 7.63. The van der Waals surface area contributed by atoms with Crippen LogP contribution in [0.5, 0.6) is 5.75 Å². The molecular formula is C17H14F6N2O. The number of hydrogen-bond donors (Lipinski definition) is 2. The Morgan fingerprint density at radius 1 is 1.00 bits per heavy atom. The van der Waals surface area contributed by atoms with Crippen LogP contribution >= 0.6 is 0 Å². The van der Waals surface area contributed by atoms with Crippen LogP contribution in [0.25, 0.3) is 11.1 Å². The van der Waals surface area contributed by atoms with E-state index in [1.807, 2.05) is 0 Å². The quantitative estimate of drug-likeness (QED) is 0.758. The Kier molecular flexibility index (Phi) is 4.51. The van der Waals surface area contributed by atoms with Gasteiger partial charge in [-0.05, 0) is 29.8 Å². The fourth-order valence-corrected chi connectivity index (χ4v) is 2.77. The summed E-state index contributed by atoms with van der Waals surface area (Å²) in [5, 5.41) is 2.97. The van der Waals surface area contributed by atoms with Gasteiger partial charge in [-0.2, -0.15) is 26.3 Å². The fourth-order valence-electron chi connectivity index (χ4n) is 2.77. The van der Waals surface area contributed by atoms with Crippen LogP contribution in [0.2, 0.25) is 0 Å². The molecule has 9 heteroatoms. The highest BCUT2D eigenvalue weighted by atomic mass is 19.4. The van der Waals surface area contributed by atoms with Crippen molar-refractivity contribution in [1.82, 2.24) is 0 Å². The van der Waals surface area contributed by atoms with Crippen molar-refractivity contribution >= 4 is 5.69 Å². The summed E-state index contributed by atoms with van der Waals surface area (Å²) in [6.07, 6.45) is -10.1. The van der Waals surface area contributed by atoms with Gasteiger partial charge in [0, 0.05) is 12.1 Å². The van der Waals surface area contributed by atoms with E-state index in [0.717, 1.165) is 0 Å². The number of halogens is 6. The summed E-state index contributed by atoms with van der Waals surface area (Å²) in [4.78, 5) is 0. The van der Waals surface area contributed by atoms with Gasteiger partial charge in [0.1, 0.15) is 6.10 Å². The van der Waals surface area contributed by atoms with Crippen LogP contribution in [-0.2, 0) is 12.4 Å². The predicted octanol–water partition coefficient (Wildman–Crippen LogP) is 4.52. The normalized spacial score (nSPS) is 17.3. The maximum Gasteiger partial charge on any atom is 0.417 e. The van der Waals surface area contributed by atoms with Crippen LogP contribution in [0.3, 0.4) is 0 Å². The first-order valence-electron chi connectivity index (χ1n) is 7.63. The molecule has 1 heterocycles. The van der Waals surface area contributed by atoms with Crippen LogP contribution in [0, 0.1) is 0 Å². The van der Waals surface area contributed by atoms with E-state index in [0.29, 0.717) is 30.4 Å². The van der Waals surface area contributed by atoms with Gasteiger partial charge in [-0.1, -0.05) is 12.1 Å². The van der Waals surface area contributed by atoms with Gasteiger partial charge in [-0.3, -0.25) is 0 Å². The molecule has 26 heavy (non-hydrogen) atoms. The molecule has 0 aliphatic carbocycles. The first-order chi connectivity index (χ1) is 12.1. The monoisotopic (exact) mass is 376 g/mol. The Balaban J connectivity index is 2.23.